The van der Waals surface area contributed by atoms with Crippen molar-refractivity contribution in [3.63, 3.8) is 0 Å². The topological polar surface area (TPSA) is 146 Å². The van der Waals surface area contributed by atoms with Gasteiger partial charge >= 0.3 is 5.76 Å². The van der Waals surface area contributed by atoms with Crippen LogP contribution >= 0.6 is 0 Å². The van der Waals surface area contributed by atoms with Crippen LogP contribution in [0.3, 0.4) is 0 Å². The van der Waals surface area contributed by atoms with E-state index in [-0.39, 0.29) is 11.7 Å². The summed E-state index contributed by atoms with van der Waals surface area (Å²) in [6, 6.07) is 13.7. The number of aryl methyl sites for hydroxylation is 1. The van der Waals surface area contributed by atoms with Crippen molar-refractivity contribution < 1.29 is 14.1 Å². The number of fused-ring (bicyclic) bond motifs is 1. The van der Waals surface area contributed by atoms with E-state index in [0.29, 0.717) is 28.2 Å². The molecule has 0 unspecified atom stereocenters. The van der Waals surface area contributed by atoms with Crippen LogP contribution in [0.1, 0.15) is 23.0 Å². The van der Waals surface area contributed by atoms with Crippen molar-refractivity contribution in [2.75, 3.05) is 10.6 Å². The van der Waals surface area contributed by atoms with Crippen molar-refractivity contribution in [1.29, 1.82) is 5.26 Å². The number of hydrogen-bond acceptors (Lipinski definition) is 6. The van der Waals surface area contributed by atoms with Crippen LogP contribution in [0.2, 0.25) is 0 Å². The molecule has 154 valence electrons. The summed E-state index contributed by atoms with van der Waals surface area (Å²) in [7, 11) is 1.74. The van der Waals surface area contributed by atoms with Gasteiger partial charge in [0.05, 0.1) is 22.8 Å². The van der Waals surface area contributed by atoms with Crippen LogP contribution in [0.5, 0.6) is 0 Å². The third-order valence-electron chi connectivity index (χ3n) is 4.69. The third-order valence-corrected chi connectivity index (χ3v) is 4.69. The molecule has 10 nitrogen and oxygen atoms in total. The number of benzene rings is 2. The van der Waals surface area contributed by atoms with Gasteiger partial charge in [0, 0.05) is 30.6 Å². The summed E-state index contributed by atoms with van der Waals surface area (Å²) < 4.78 is 6.25. The van der Waals surface area contributed by atoms with Gasteiger partial charge in [0.1, 0.15) is 5.69 Å². The molecule has 31 heavy (non-hydrogen) atoms. The molecule has 0 radical (unpaired) electrons. The number of amides is 2. The maximum absolute atomic E-state index is 13.0. The Bertz CT molecular complexity index is 1440. The van der Waals surface area contributed by atoms with E-state index in [0.717, 1.165) is 10.9 Å². The molecule has 2 aromatic heterocycles. The Hall–Kier alpha value is -4.65. The summed E-state index contributed by atoms with van der Waals surface area (Å²) >= 11 is 0. The highest BCUT2D eigenvalue weighted by molar-refractivity contribution is 6.08. The standard InChI is InChI=1S/C21H16N6O4/c1-11(28)23-14-5-4-13-8-18(27(2)17(13)9-14)20(29)24-16-6-3-12(10-22)7-15(16)19-25-21(30)31-26-19/h3-9H,1-2H3,(H,23,28)(H,24,29)(H,25,26,30). The molecular formula is C21H16N6O4. The number of carbonyl (C=O) groups excluding carboxylic acids is 2. The second kappa shape index (κ2) is 7.64. The second-order valence-corrected chi connectivity index (χ2v) is 6.81. The number of anilines is 2. The average molecular weight is 416 g/mol. The van der Waals surface area contributed by atoms with Crippen molar-refractivity contribution in [3.8, 4) is 17.5 Å². The largest absolute Gasteiger partial charge is 0.439 e. The van der Waals surface area contributed by atoms with E-state index in [2.05, 4.69) is 25.3 Å². The van der Waals surface area contributed by atoms with E-state index >= 15 is 0 Å². The maximum Gasteiger partial charge on any atom is 0.439 e. The van der Waals surface area contributed by atoms with Gasteiger partial charge in [0.15, 0.2) is 5.82 Å². The zero-order valence-electron chi connectivity index (χ0n) is 16.5. The number of nitrogens with one attached hydrogen (secondary N) is 3. The summed E-state index contributed by atoms with van der Waals surface area (Å²) in [5.74, 6) is -1.25. The van der Waals surface area contributed by atoms with Gasteiger partial charge in [0.2, 0.25) is 5.91 Å². The van der Waals surface area contributed by atoms with Crippen LogP contribution in [0, 0.1) is 11.3 Å². The van der Waals surface area contributed by atoms with Crippen LogP contribution < -0.4 is 16.4 Å². The van der Waals surface area contributed by atoms with Gasteiger partial charge in [-0.05, 0) is 36.4 Å². The third kappa shape index (κ3) is 3.79. The quantitative estimate of drug-likeness (QED) is 0.466. The lowest BCUT2D eigenvalue weighted by Crippen LogP contribution is -2.16. The van der Waals surface area contributed by atoms with E-state index in [1.807, 2.05) is 12.1 Å². The second-order valence-electron chi connectivity index (χ2n) is 6.81. The molecule has 0 aliphatic heterocycles. The lowest BCUT2D eigenvalue weighted by molar-refractivity contribution is -0.114. The molecule has 2 heterocycles. The first-order chi connectivity index (χ1) is 14.9. The predicted octanol–water partition coefficient (Wildman–Crippen LogP) is 2.60. The highest BCUT2D eigenvalue weighted by Crippen LogP contribution is 2.28. The van der Waals surface area contributed by atoms with Crippen LogP contribution in [0.15, 0.2) is 51.8 Å². The fourth-order valence-corrected chi connectivity index (χ4v) is 3.28. The van der Waals surface area contributed by atoms with Crippen molar-refractivity contribution in [2.45, 2.75) is 6.92 Å². The van der Waals surface area contributed by atoms with Crippen molar-refractivity contribution >= 4 is 34.1 Å². The van der Waals surface area contributed by atoms with Gasteiger partial charge in [-0.3, -0.25) is 19.1 Å². The van der Waals surface area contributed by atoms with Crippen LogP contribution in [0.25, 0.3) is 22.3 Å². The predicted molar refractivity (Wildman–Crippen MR) is 112 cm³/mol. The number of rotatable bonds is 4. The minimum atomic E-state index is -0.752. The normalized spacial score (nSPS) is 10.6. The number of H-pyrrole nitrogens is 1. The molecule has 0 aliphatic rings. The SMILES string of the molecule is CC(=O)Nc1ccc2cc(C(=O)Nc3ccc(C#N)cc3-c3noc(=O)[nH]3)n(C)c2c1. The summed E-state index contributed by atoms with van der Waals surface area (Å²) in [6.07, 6.45) is 0. The zero-order chi connectivity index (χ0) is 22.1. The molecule has 0 saturated heterocycles. The van der Waals surface area contributed by atoms with Gasteiger partial charge in [-0.15, -0.1) is 0 Å². The number of hydrogen-bond donors (Lipinski definition) is 3. The van der Waals surface area contributed by atoms with Crippen molar-refractivity contribution in [2.24, 2.45) is 7.05 Å². The summed E-state index contributed by atoms with van der Waals surface area (Å²) in [5.41, 5.74) is 2.77. The van der Waals surface area contributed by atoms with Gasteiger partial charge in [-0.2, -0.15) is 5.26 Å². The number of aromatic nitrogens is 3. The van der Waals surface area contributed by atoms with Crippen molar-refractivity contribution in [1.82, 2.24) is 14.7 Å². The molecule has 0 atom stereocenters. The van der Waals surface area contributed by atoms with E-state index in [4.69, 9.17) is 0 Å². The number of nitriles is 1. The zero-order valence-corrected chi connectivity index (χ0v) is 16.5. The molecule has 2 amide bonds. The Balaban J connectivity index is 1.71. The number of nitrogens with zero attached hydrogens (tertiary/aromatic N) is 3. The van der Waals surface area contributed by atoms with Crippen LogP contribution in [-0.4, -0.2) is 26.5 Å². The Morgan fingerprint density at radius 1 is 1.16 bits per heavy atom. The Kier molecular flexibility index (Phi) is 4.85. The number of aromatic amines is 1. The molecule has 3 N–H and O–H groups in total. The molecule has 4 rings (SSSR count). The van der Waals surface area contributed by atoms with Gasteiger partial charge in [-0.25, -0.2) is 4.79 Å². The average Bonchev–Trinajstić information content (AvgIpc) is 3.31. The Labute approximate surface area is 175 Å². The van der Waals surface area contributed by atoms with Gasteiger partial charge in [-0.1, -0.05) is 11.2 Å². The minimum Gasteiger partial charge on any atom is -0.340 e. The minimum absolute atomic E-state index is 0.0920. The number of carbonyl (C=O) groups is 2. The first kappa shape index (κ1) is 19.7. The molecule has 0 bridgehead atoms. The highest BCUT2D eigenvalue weighted by Gasteiger charge is 2.18. The molecule has 0 fully saturated rings. The fourth-order valence-electron chi connectivity index (χ4n) is 3.28. The van der Waals surface area contributed by atoms with E-state index < -0.39 is 11.7 Å². The van der Waals surface area contributed by atoms with Crippen molar-refractivity contribution in [3.05, 3.63) is 64.3 Å². The molecule has 0 spiro atoms. The lowest BCUT2D eigenvalue weighted by Gasteiger charge is -2.10. The first-order valence-corrected chi connectivity index (χ1v) is 9.14. The first-order valence-electron chi connectivity index (χ1n) is 9.14. The summed E-state index contributed by atoms with van der Waals surface area (Å²) in [5, 5.41) is 19.2. The summed E-state index contributed by atoms with van der Waals surface area (Å²) in [4.78, 5) is 38.1. The molecular weight excluding hydrogens is 400 g/mol. The smallest absolute Gasteiger partial charge is 0.340 e. The van der Waals surface area contributed by atoms with Crippen LogP contribution in [0.4, 0.5) is 11.4 Å². The highest BCUT2D eigenvalue weighted by atomic mass is 16.5. The molecule has 10 heteroatoms. The molecule has 2 aromatic carbocycles. The monoisotopic (exact) mass is 416 g/mol. The van der Waals surface area contributed by atoms with E-state index in [9.17, 15) is 19.6 Å². The van der Waals surface area contributed by atoms with Gasteiger partial charge < -0.3 is 15.2 Å². The Morgan fingerprint density at radius 3 is 2.65 bits per heavy atom. The van der Waals surface area contributed by atoms with Crippen LogP contribution in [-0.2, 0) is 11.8 Å². The maximum atomic E-state index is 13.0. The molecule has 4 aromatic rings. The fraction of sp³-hybridized carbons (Fsp3) is 0.0952. The summed E-state index contributed by atoms with van der Waals surface area (Å²) in [6.45, 7) is 1.42. The lowest BCUT2D eigenvalue weighted by atomic mass is 10.1. The Morgan fingerprint density at radius 2 is 1.97 bits per heavy atom. The van der Waals surface area contributed by atoms with Gasteiger partial charge in [0.25, 0.3) is 5.91 Å². The molecule has 0 aliphatic carbocycles. The van der Waals surface area contributed by atoms with E-state index in [1.54, 1.807) is 41.9 Å². The molecule has 0 saturated carbocycles. The van der Waals surface area contributed by atoms with E-state index in [1.165, 1.54) is 13.0 Å².